The Labute approximate surface area is 121 Å². The number of hydrogen-bond acceptors (Lipinski definition) is 6. The third-order valence-electron chi connectivity index (χ3n) is 2.69. The van der Waals surface area contributed by atoms with Gasteiger partial charge in [-0.05, 0) is 24.6 Å². The SMILES string of the molecule is CNc1nc(-c2ccncc2)c(/C(C)=C/C(=O)OC)s1. The first-order valence-electron chi connectivity index (χ1n) is 6.01. The van der Waals surface area contributed by atoms with E-state index in [0.29, 0.717) is 0 Å². The van der Waals surface area contributed by atoms with Crippen molar-refractivity contribution in [1.29, 1.82) is 0 Å². The molecule has 2 heterocycles. The lowest BCUT2D eigenvalue weighted by Gasteiger charge is -2.02. The Balaban J connectivity index is 2.50. The topological polar surface area (TPSA) is 64.1 Å². The first-order valence-corrected chi connectivity index (χ1v) is 6.83. The van der Waals surface area contributed by atoms with Crippen molar-refractivity contribution in [1.82, 2.24) is 9.97 Å². The second kappa shape index (κ2) is 6.29. The number of nitrogens with zero attached hydrogens (tertiary/aromatic N) is 2. The van der Waals surface area contributed by atoms with E-state index in [2.05, 4.69) is 20.0 Å². The summed E-state index contributed by atoms with van der Waals surface area (Å²) in [5.74, 6) is -0.373. The molecule has 0 radical (unpaired) electrons. The number of ether oxygens (including phenoxy) is 1. The summed E-state index contributed by atoms with van der Waals surface area (Å²) in [4.78, 5) is 20.9. The maximum atomic E-state index is 11.4. The molecule has 6 heteroatoms. The largest absolute Gasteiger partial charge is 0.466 e. The Hall–Kier alpha value is -2.21. The Morgan fingerprint density at radius 3 is 2.70 bits per heavy atom. The van der Waals surface area contributed by atoms with E-state index in [1.54, 1.807) is 12.4 Å². The predicted molar refractivity (Wildman–Crippen MR) is 80.6 cm³/mol. The van der Waals surface area contributed by atoms with Gasteiger partial charge in [-0.25, -0.2) is 9.78 Å². The molecule has 2 aromatic heterocycles. The van der Waals surface area contributed by atoms with Crippen LogP contribution in [0.2, 0.25) is 0 Å². The van der Waals surface area contributed by atoms with E-state index in [0.717, 1.165) is 26.8 Å². The van der Waals surface area contributed by atoms with E-state index in [9.17, 15) is 4.79 Å². The lowest BCUT2D eigenvalue weighted by molar-refractivity contribution is -0.134. The molecule has 0 aliphatic rings. The van der Waals surface area contributed by atoms with Gasteiger partial charge in [0.05, 0.1) is 17.7 Å². The zero-order chi connectivity index (χ0) is 14.5. The number of hydrogen-bond donors (Lipinski definition) is 1. The molecule has 0 aliphatic carbocycles. The van der Waals surface area contributed by atoms with Crippen LogP contribution in [-0.2, 0) is 9.53 Å². The molecule has 0 spiro atoms. The second-order valence-corrected chi connectivity index (χ2v) is 5.03. The molecule has 0 amide bonds. The molecule has 5 nitrogen and oxygen atoms in total. The molecule has 0 atom stereocenters. The van der Waals surface area contributed by atoms with E-state index in [4.69, 9.17) is 0 Å². The summed E-state index contributed by atoms with van der Waals surface area (Å²) in [7, 11) is 3.18. The van der Waals surface area contributed by atoms with Gasteiger partial charge >= 0.3 is 5.97 Å². The van der Waals surface area contributed by atoms with Gasteiger partial charge in [0.1, 0.15) is 0 Å². The molecule has 0 aromatic carbocycles. The van der Waals surface area contributed by atoms with Crippen LogP contribution in [0.4, 0.5) is 5.13 Å². The van der Waals surface area contributed by atoms with Gasteiger partial charge in [-0.2, -0.15) is 0 Å². The average molecular weight is 289 g/mol. The van der Waals surface area contributed by atoms with E-state index in [1.165, 1.54) is 24.5 Å². The lowest BCUT2D eigenvalue weighted by atomic mass is 10.1. The number of allylic oxidation sites excluding steroid dienone is 1. The molecule has 2 aromatic rings. The number of carbonyl (C=O) groups excluding carboxylic acids is 1. The first kappa shape index (κ1) is 14.2. The summed E-state index contributed by atoms with van der Waals surface area (Å²) in [5, 5.41) is 3.82. The Morgan fingerprint density at radius 1 is 1.40 bits per heavy atom. The van der Waals surface area contributed by atoms with E-state index >= 15 is 0 Å². The Kier molecular flexibility index (Phi) is 4.47. The van der Waals surface area contributed by atoms with Gasteiger partial charge in [0.25, 0.3) is 0 Å². The van der Waals surface area contributed by atoms with Crippen LogP contribution in [0, 0.1) is 0 Å². The number of carbonyl (C=O) groups is 1. The predicted octanol–water partition coefficient (Wildman–Crippen LogP) is 2.82. The lowest BCUT2D eigenvalue weighted by Crippen LogP contribution is -1.95. The molecular formula is C14H15N3O2S. The standard InChI is InChI=1S/C14H15N3O2S/c1-9(8-11(18)19-3)13-12(17-14(15-2)20-13)10-4-6-16-7-5-10/h4-8H,1-3H3,(H,15,17)/b9-8+. The summed E-state index contributed by atoms with van der Waals surface area (Å²) in [6, 6.07) is 3.78. The van der Waals surface area contributed by atoms with Crippen molar-refractivity contribution in [2.24, 2.45) is 0 Å². The normalized spacial score (nSPS) is 11.2. The van der Waals surface area contributed by atoms with E-state index < -0.39 is 0 Å². The van der Waals surface area contributed by atoms with Gasteiger partial charge in [0, 0.05) is 31.1 Å². The fourth-order valence-electron chi connectivity index (χ4n) is 1.70. The minimum Gasteiger partial charge on any atom is -0.466 e. The molecule has 2 rings (SSSR count). The average Bonchev–Trinajstić information content (AvgIpc) is 2.92. The van der Waals surface area contributed by atoms with Crippen LogP contribution in [-0.4, -0.2) is 30.1 Å². The van der Waals surface area contributed by atoms with Gasteiger partial charge in [0.2, 0.25) is 0 Å². The van der Waals surface area contributed by atoms with Crippen LogP contribution in [0.1, 0.15) is 11.8 Å². The summed E-state index contributed by atoms with van der Waals surface area (Å²) >= 11 is 1.50. The smallest absolute Gasteiger partial charge is 0.330 e. The number of thiazole rings is 1. The number of anilines is 1. The molecule has 0 saturated carbocycles. The molecule has 0 fully saturated rings. The highest BCUT2D eigenvalue weighted by Crippen LogP contribution is 2.35. The molecule has 0 unspecified atom stereocenters. The molecule has 0 bridgehead atoms. The maximum absolute atomic E-state index is 11.4. The first-order chi connectivity index (χ1) is 9.65. The minimum absolute atomic E-state index is 0.373. The number of aromatic nitrogens is 2. The van der Waals surface area contributed by atoms with Gasteiger partial charge in [-0.1, -0.05) is 11.3 Å². The van der Waals surface area contributed by atoms with Crippen LogP contribution < -0.4 is 5.32 Å². The third kappa shape index (κ3) is 3.03. The molecule has 104 valence electrons. The fraction of sp³-hybridized carbons (Fsp3) is 0.214. The summed E-state index contributed by atoms with van der Waals surface area (Å²) < 4.78 is 4.66. The van der Waals surface area contributed by atoms with Crippen LogP contribution >= 0.6 is 11.3 Å². The van der Waals surface area contributed by atoms with Crippen LogP contribution in [0.5, 0.6) is 0 Å². The molecular weight excluding hydrogens is 274 g/mol. The van der Waals surface area contributed by atoms with Crippen molar-refractivity contribution in [3.8, 4) is 11.3 Å². The Morgan fingerprint density at radius 2 is 2.10 bits per heavy atom. The number of pyridine rings is 1. The zero-order valence-corrected chi connectivity index (χ0v) is 12.3. The number of esters is 1. The van der Waals surface area contributed by atoms with Gasteiger partial charge in [-0.3, -0.25) is 4.98 Å². The number of methoxy groups -OCH3 is 1. The monoisotopic (exact) mass is 289 g/mol. The van der Waals surface area contributed by atoms with Gasteiger partial charge < -0.3 is 10.1 Å². The van der Waals surface area contributed by atoms with Crippen LogP contribution in [0.25, 0.3) is 16.8 Å². The van der Waals surface area contributed by atoms with Crippen molar-refractivity contribution in [3.05, 3.63) is 35.5 Å². The molecule has 0 aliphatic heterocycles. The summed E-state index contributed by atoms with van der Waals surface area (Å²) in [5.41, 5.74) is 2.62. The van der Waals surface area contributed by atoms with Crippen LogP contribution in [0.15, 0.2) is 30.6 Å². The number of rotatable bonds is 4. The quantitative estimate of drug-likeness (QED) is 0.692. The van der Waals surface area contributed by atoms with Crippen molar-refractivity contribution in [2.75, 3.05) is 19.5 Å². The molecule has 20 heavy (non-hydrogen) atoms. The van der Waals surface area contributed by atoms with Gasteiger partial charge in [-0.15, -0.1) is 0 Å². The summed E-state index contributed by atoms with van der Waals surface area (Å²) in [6.45, 7) is 1.87. The zero-order valence-electron chi connectivity index (χ0n) is 11.5. The summed E-state index contributed by atoms with van der Waals surface area (Å²) in [6.07, 6.45) is 4.91. The van der Waals surface area contributed by atoms with E-state index in [-0.39, 0.29) is 5.97 Å². The van der Waals surface area contributed by atoms with Crippen molar-refractivity contribution >= 4 is 28.0 Å². The minimum atomic E-state index is -0.373. The highest BCUT2D eigenvalue weighted by Gasteiger charge is 2.14. The molecule has 0 saturated heterocycles. The van der Waals surface area contributed by atoms with Gasteiger partial charge in [0.15, 0.2) is 5.13 Å². The number of nitrogens with one attached hydrogen (secondary N) is 1. The van der Waals surface area contributed by atoms with Crippen molar-refractivity contribution < 1.29 is 9.53 Å². The van der Waals surface area contributed by atoms with Crippen molar-refractivity contribution in [3.63, 3.8) is 0 Å². The van der Waals surface area contributed by atoms with Crippen molar-refractivity contribution in [2.45, 2.75) is 6.92 Å². The van der Waals surface area contributed by atoms with E-state index in [1.807, 2.05) is 26.1 Å². The molecule has 1 N–H and O–H groups in total. The highest BCUT2D eigenvalue weighted by atomic mass is 32.1. The van der Waals surface area contributed by atoms with Crippen LogP contribution in [0.3, 0.4) is 0 Å². The highest BCUT2D eigenvalue weighted by molar-refractivity contribution is 7.17. The third-order valence-corrected chi connectivity index (χ3v) is 3.90. The second-order valence-electron chi connectivity index (χ2n) is 4.03. The fourth-order valence-corrected chi connectivity index (χ4v) is 2.61. The Bertz CT molecular complexity index is 635. The maximum Gasteiger partial charge on any atom is 0.330 e.